The molecule has 8 heavy (non-hydrogen) atoms. The molecule has 0 aliphatic heterocycles. The smallest absolute Gasteiger partial charge is 0.0216 e. The van der Waals surface area contributed by atoms with Crippen LogP contribution in [0.5, 0.6) is 0 Å². The number of rotatable bonds is 3. The van der Waals surface area contributed by atoms with Gasteiger partial charge in [-0.3, -0.25) is 0 Å². The molecule has 0 aromatic carbocycles. The van der Waals surface area contributed by atoms with Gasteiger partial charge >= 0.3 is 0 Å². The van der Waals surface area contributed by atoms with Crippen LogP contribution in [0.3, 0.4) is 0 Å². The van der Waals surface area contributed by atoms with Crippen molar-refractivity contribution in [2.45, 2.75) is 27.2 Å². The molecule has 0 spiro atoms. The molecule has 0 saturated heterocycles. The van der Waals surface area contributed by atoms with Crippen molar-refractivity contribution in [2.75, 3.05) is 0 Å². The van der Waals surface area contributed by atoms with Crippen LogP contribution in [0.4, 0.5) is 0 Å². The van der Waals surface area contributed by atoms with Gasteiger partial charge in [0.05, 0.1) is 0 Å². The molecule has 48 valence electrons. The Morgan fingerprint density at radius 2 is 2.00 bits per heavy atom. The largest absolute Gasteiger partial charge is 0.103 e. The summed E-state index contributed by atoms with van der Waals surface area (Å²) >= 11 is 0. The van der Waals surface area contributed by atoms with Crippen molar-refractivity contribution < 1.29 is 0 Å². The summed E-state index contributed by atoms with van der Waals surface area (Å²) in [5.74, 6) is 1.48. The number of allylic oxidation sites excluding steroid dienone is 1. The van der Waals surface area contributed by atoms with Crippen molar-refractivity contribution in [3.05, 3.63) is 12.7 Å². The molecule has 0 bridgehead atoms. The third kappa shape index (κ3) is 2.15. The summed E-state index contributed by atoms with van der Waals surface area (Å²) in [5.41, 5.74) is 0. The van der Waals surface area contributed by atoms with Gasteiger partial charge in [-0.25, -0.2) is 0 Å². The van der Waals surface area contributed by atoms with E-state index in [9.17, 15) is 0 Å². The van der Waals surface area contributed by atoms with Crippen LogP contribution in [0.1, 0.15) is 27.2 Å². The normalized spacial score (nSPS) is 14.0. The van der Waals surface area contributed by atoms with E-state index >= 15 is 0 Å². The molecule has 0 radical (unpaired) electrons. The van der Waals surface area contributed by atoms with Crippen molar-refractivity contribution in [3.63, 3.8) is 0 Å². The Balaban J connectivity index is 3.51. The van der Waals surface area contributed by atoms with Gasteiger partial charge in [0.15, 0.2) is 0 Å². The van der Waals surface area contributed by atoms with Crippen LogP contribution in [0.2, 0.25) is 0 Å². The summed E-state index contributed by atoms with van der Waals surface area (Å²) in [7, 11) is 0. The van der Waals surface area contributed by atoms with Gasteiger partial charge < -0.3 is 0 Å². The fourth-order valence-corrected chi connectivity index (χ4v) is 0.910. The molecule has 0 aromatic heterocycles. The molecule has 0 aromatic rings. The molecule has 0 saturated carbocycles. The first-order chi connectivity index (χ1) is 3.72. The highest BCUT2D eigenvalue weighted by Crippen LogP contribution is 2.14. The molecule has 0 nitrogen and oxygen atoms in total. The van der Waals surface area contributed by atoms with Crippen LogP contribution in [-0.2, 0) is 0 Å². The molecule has 0 fully saturated rings. The highest BCUT2D eigenvalue weighted by Gasteiger charge is 2.03. The van der Waals surface area contributed by atoms with E-state index in [4.69, 9.17) is 0 Å². The molecule has 0 heterocycles. The van der Waals surface area contributed by atoms with Crippen LogP contribution in [0.25, 0.3) is 0 Å². The Morgan fingerprint density at radius 3 is 2.00 bits per heavy atom. The maximum Gasteiger partial charge on any atom is -0.0216 e. The lowest BCUT2D eigenvalue weighted by Crippen LogP contribution is -2.02. The molecule has 0 aliphatic carbocycles. The summed E-state index contributed by atoms with van der Waals surface area (Å²) in [4.78, 5) is 0. The maximum absolute atomic E-state index is 3.75. The standard InChI is InChI=1S/C8H16/c1-5-8(6-2)7(3)4/h5,7-8H,1,6H2,2-4H3/t8-/m1/s1. The van der Waals surface area contributed by atoms with Crippen molar-refractivity contribution in [3.8, 4) is 0 Å². The minimum Gasteiger partial charge on any atom is -0.103 e. The first kappa shape index (κ1) is 7.74. The van der Waals surface area contributed by atoms with E-state index in [1.807, 2.05) is 6.08 Å². The third-order valence-electron chi connectivity index (χ3n) is 1.63. The van der Waals surface area contributed by atoms with E-state index in [0.717, 1.165) is 11.8 Å². The van der Waals surface area contributed by atoms with Gasteiger partial charge in [0.2, 0.25) is 0 Å². The van der Waals surface area contributed by atoms with Gasteiger partial charge in [-0.15, -0.1) is 6.58 Å². The van der Waals surface area contributed by atoms with E-state index in [-0.39, 0.29) is 0 Å². The van der Waals surface area contributed by atoms with Crippen LogP contribution in [-0.4, -0.2) is 0 Å². The molecule has 0 rings (SSSR count). The van der Waals surface area contributed by atoms with Crippen LogP contribution in [0.15, 0.2) is 12.7 Å². The predicted octanol–water partition coefficient (Wildman–Crippen LogP) is 2.85. The van der Waals surface area contributed by atoms with Crippen LogP contribution < -0.4 is 0 Å². The SMILES string of the molecule is C=C[C@H](CC)C(C)C. The lowest BCUT2D eigenvalue weighted by atomic mass is 9.94. The zero-order valence-corrected chi connectivity index (χ0v) is 6.15. The molecule has 0 aliphatic rings. The summed E-state index contributed by atoms with van der Waals surface area (Å²) in [6, 6.07) is 0. The average molecular weight is 112 g/mol. The van der Waals surface area contributed by atoms with Gasteiger partial charge in [0, 0.05) is 0 Å². The molecule has 0 unspecified atom stereocenters. The minimum atomic E-state index is 0.718. The highest BCUT2D eigenvalue weighted by atomic mass is 14.1. The molecule has 1 atom stereocenters. The van der Waals surface area contributed by atoms with Crippen molar-refractivity contribution in [2.24, 2.45) is 11.8 Å². The summed E-state index contributed by atoms with van der Waals surface area (Å²) in [5, 5.41) is 0. The first-order valence-electron chi connectivity index (χ1n) is 3.34. The van der Waals surface area contributed by atoms with Gasteiger partial charge in [-0.2, -0.15) is 0 Å². The summed E-state index contributed by atoms with van der Waals surface area (Å²) < 4.78 is 0. The van der Waals surface area contributed by atoms with Crippen molar-refractivity contribution in [1.82, 2.24) is 0 Å². The van der Waals surface area contributed by atoms with Gasteiger partial charge in [-0.1, -0.05) is 26.8 Å². The second-order valence-electron chi connectivity index (χ2n) is 2.55. The van der Waals surface area contributed by atoms with Crippen LogP contribution in [0, 0.1) is 11.8 Å². The Labute approximate surface area is 52.6 Å². The van der Waals surface area contributed by atoms with Crippen LogP contribution >= 0.6 is 0 Å². The van der Waals surface area contributed by atoms with Gasteiger partial charge in [-0.05, 0) is 18.3 Å². The second-order valence-corrected chi connectivity index (χ2v) is 2.55. The second kappa shape index (κ2) is 3.71. The van der Waals surface area contributed by atoms with Gasteiger partial charge in [0.25, 0.3) is 0 Å². The van der Waals surface area contributed by atoms with Gasteiger partial charge in [0.1, 0.15) is 0 Å². The zero-order chi connectivity index (χ0) is 6.57. The first-order valence-corrected chi connectivity index (χ1v) is 3.34. The lowest BCUT2D eigenvalue weighted by Gasteiger charge is -2.12. The molecular weight excluding hydrogens is 96.1 g/mol. The third-order valence-corrected chi connectivity index (χ3v) is 1.63. The van der Waals surface area contributed by atoms with E-state index < -0.39 is 0 Å². The molecule has 0 N–H and O–H groups in total. The highest BCUT2D eigenvalue weighted by molar-refractivity contribution is 4.79. The molecular formula is C8H16. The Hall–Kier alpha value is -0.260. The lowest BCUT2D eigenvalue weighted by molar-refractivity contribution is 0.454. The summed E-state index contributed by atoms with van der Waals surface area (Å²) in [6.45, 7) is 10.4. The summed E-state index contributed by atoms with van der Waals surface area (Å²) in [6.07, 6.45) is 3.27. The zero-order valence-electron chi connectivity index (χ0n) is 6.15. The fourth-order valence-electron chi connectivity index (χ4n) is 0.910. The van der Waals surface area contributed by atoms with E-state index in [1.54, 1.807) is 0 Å². The Morgan fingerprint density at radius 1 is 1.50 bits per heavy atom. The van der Waals surface area contributed by atoms with E-state index in [0.29, 0.717) is 0 Å². The minimum absolute atomic E-state index is 0.718. The Bertz CT molecular complexity index is 62.4. The number of hydrogen-bond donors (Lipinski definition) is 0. The van der Waals surface area contributed by atoms with E-state index in [1.165, 1.54) is 6.42 Å². The maximum atomic E-state index is 3.75. The molecule has 0 heteroatoms. The predicted molar refractivity (Wildman–Crippen MR) is 38.8 cm³/mol. The fraction of sp³-hybridized carbons (Fsp3) is 0.750. The average Bonchev–Trinajstić information content (AvgIpc) is 1.69. The topological polar surface area (TPSA) is 0 Å². The quantitative estimate of drug-likeness (QED) is 0.492. The van der Waals surface area contributed by atoms with Crippen molar-refractivity contribution >= 4 is 0 Å². The van der Waals surface area contributed by atoms with Crippen molar-refractivity contribution in [1.29, 1.82) is 0 Å². The van der Waals surface area contributed by atoms with E-state index in [2.05, 4.69) is 27.4 Å². The Kier molecular flexibility index (Phi) is 3.59. The molecule has 0 amide bonds. The monoisotopic (exact) mass is 112 g/mol. The number of hydrogen-bond acceptors (Lipinski definition) is 0.